The highest BCUT2D eigenvalue weighted by Crippen LogP contribution is 2.17. The molecule has 2 aromatic rings. The van der Waals surface area contributed by atoms with Gasteiger partial charge < -0.3 is 5.73 Å². The molecule has 0 spiro atoms. The number of aromatic nitrogens is 2. The minimum atomic E-state index is -0.649. The molecular weight excluding hydrogens is 374 g/mol. The number of anilines is 1. The summed E-state index contributed by atoms with van der Waals surface area (Å²) in [5.74, 6) is 0.426. The molecule has 1 aromatic heterocycles. The van der Waals surface area contributed by atoms with E-state index < -0.39 is 11.2 Å². The standard InChI is InChI=1S/C18H22ClN3O3S/c1-11(2)8-22-16(20)15(17(24)21(3)18(22)25)14(23)10-26-9-12-4-6-13(19)7-5-12/h4-7,11H,8-10,20H2,1-3H3. The van der Waals surface area contributed by atoms with Crippen molar-refractivity contribution in [3.63, 3.8) is 0 Å². The van der Waals surface area contributed by atoms with Crippen LogP contribution in [-0.2, 0) is 19.3 Å². The Hall–Kier alpha value is -1.99. The summed E-state index contributed by atoms with van der Waals surface area (Å²) in [7, 11) is 1.36. The van der Waals surface area contributed by atoms with Gasteiger partial charge in [0.05, 0.1) is 5.75 Å². The van der Waals surface area contributed by atoms with Crippen molar-refractivity contribution in [1.29, 1.82) is 0 Å². The predicted molar refractivity (Wildman–Crippen MR) is 107 cm³/mol. The van der Waals surface area contributed by atoms with Crippen LogP contribution < -0.4 is 17.0 Å². The summed E-state index contributed by atoms with van der Waals surface area (Å²) >= 11 is 7.23. The molecule has 0 amide bonds. The van der Waals surface area contributed by atoms with Crippen LogP contribution in [0.1, 0.15) is 29.8 Å². The van der Waals surface area contributed by atoms with Gasteiger partial charge in [0.25, 0.3) is 5.56 Å². The van der Waals surface area contributed by atoms with Crippen LogP contribution in [0.2, 0.25) is 5.02 Å². The number of thioether (sulfide) groups is 1. The second-order valence-electron chi connectivity index (χ2n) is 6.45. The molecule has 2 N–H and O–H groups in total. The number of hydrogen-bond donors (Lipinski definition) is 1. The number of benzene rings is 1. The number of nitrogen functional groups attached to an aromatic ring is 1. The average molecular weight is 396 g/mol. The molecule has 0 fully saturated rings. The molecule has 0 saturated carbocycles. The number of nitrogens with zero attached hydrogens (tertiary/aromatic N) is 2. The van der Waals surface area contributed by atoms with Crippen LogP contribution in [0.3, 0.4) is 0 Å². The lowest BCUT2D eigenvalue weighted by Crippen LogP contribution is -2.43. The zero-order valence-corrected chi connectivity index (χ0v) is 16.6. The smallest absolute Gasteiger partial charge is 0.332 e. The summed E-state index contributed by atoms with van der Waals surface area (Å²) in [4.78, 5) is 37.2. The lowest BCUT2D eigenvalue weighted by molar-refractivity contribution is 0.102. The van der Waals surface area contributed by atoms with Gasteiger partial charge in [0.1, 0.15) is 11.4 Å². The van der Waals surface area contributed by atoms with Crippen molar-refractivity contribution in [2.24, 2.45) is 13.0 Å². The van der Waals surface area contributed by atoms with Gasteiger partial charge in [-0.1, -0.05) is 37.6 Å². The van der Waals surface area contributed by atoms with E-state index in [4.69, 9.17) is 17.3 Å². The number of carbonyl (C=O) groups is 1. The predicted octanol–water partition coefficient (Wildman–Crippen LogP) is 2.55. The summed E-state index contributed by atoms with van der Waals surface area (Å²) in [5, 5.41) is 0.651. The van der Waals surface area contributed by atoms with Crippen molar-refractivity contribution in [1.82, 2.24) is 9.13 Å². The van der Waals surface area contributed by atoms with Gasteiger partial charge in [-0.3, -0.25) is 18.7 Å². The van der Waals surface area contributed by atoms with E-state index in [-0.39, 0.29) is 28.8 Å². The third-order valence-electron chi connectivity index (χ3n) is 3.82. The number of carbonyl (C=O) groups excluding carboxylic acids is 1. The summed E-state index contributed by atoms with van der Waals surface area (Å²) in [5.41, 5.74) is 5.76. The summed E-state index contributed by atoms with van der Waals surface area (Å²) in [6.07, 6.45) is 0. The van der Waals surface area contributed by atoms with Gasteiger partial charge in [0.15, 0.2) is 5.78 Å². The van der Waals surface area contributed by atoms with Crippen LogP contribution in [0.5, 0.6) is 0 Å². The lowest BCUT2D eigenvalue weighted by atomic mass is 10.2. The Balaban J connectivity index is 2.22. The lowest BCUT2D eigenvalue weighted by Gasteiger charge is -2.16. The van der Waals surface area contributed by atoms with Crippen LogP contribution in [0.25, 0.3) is 0 Å². The quantitative estimate of drug-likeness (QED) is 0.728. The molecule has 1 heterocycles. The highest BCUT2D eigenvalue weighted by molar-refractivity contribution is 7.99. The summed E-state index contributed by atoms with van der Waals surface area (Å²) in [6, 6.07) is 7.34. The maximum absolute atomic E-state index is 12.6. The fourth-order valence-corrected chi connectivity index (χ4v) is 3.49. The van der Waals surface area contributed by atoms with Gasteiger partial charge in [-0.2, -0.15) is 0 Å². The van der Waals surface area contributed by atoms with Crippen molar-refractivity contribution in [3.8, 4) is 0 Å². The van der Waals surface area contributed by atoms with Crippen LogP contribution in [0, 0.1) is 5.92 Å². The van der Waals surface area contributed by atoms with Crippen molar-refractivity contribution in [2.45, 2.75) is 26.1 Å². The molecule has 26 heavy (non-hydrogen) atoms. The highest BCUT2D eigenvalue weighted by atomic mass is 35.5. The molecule has 0 bridgehead atoms. The van der Waals surface area contributed by atoms with Crippen LogP contribution >= 0.6 is 23.4 Å². The first-order valence-corrected chi connectivity index (χ1v) is 9.70. The first-order chi connectivity index (χ1) is 12.2. The van der Waals surface area contributed by atoms with Gasteiger partial charge in [0.2, 0.25) is 0 Å². The number of Topliss-reactive ketones (excluding diaryl/α,β-unsaturated/α-hetero) is 1. The Labute approximate surface area is 161 Å². The van der Waals surface area contributed by atoms with E-state index in [2.05, 4.69) is 0 Å². The highest BCUT2D eigenvalue weighted by Gasteiger charge is 2.21. The molecule has 0 unspecified atom stereocenters. The summed E-state index contributed by atoms with van der Waals surface area (Å²) in [6.45, 7) is 4.21. The molecule has 0 saturated heterocycles. The molecule has 0 radical (unpaired) electrons. The first-order valence-electron chi connectivity index (χ1n) is 8.17. The molecule has 0 aliphatic rings. The number of ketones is 1. The minimum Gasteiger partial charge on any atom is -0.384 e. The van der Waals surface area contributed by atoms with Crippen molar-refractivity contribution >= 4 is 35.0 Å². The van der Waals surface area contributed by atoms with Gasteiger partial charge in [-0.15, -0.1) is 11.8 Å². The molecule has 6 nitrogen and oxygen atoms in total. The van der Waals surface area contributed by atoms with Crippen LogP contribution in [0.15, 0.2) is 33.9 Å². The molecule has 2 rings (SSSR count). The maximum Gasteiger partial charge on any atom is 0.332 e. The average Bonchev–Trinajstić information content (AvgIpc) is 2.58. The van der Waals surface area contributed by atoms with Gasteiger partial charge in [0, 0.05) is 24.4 Å². The largest absolute Gasteiger partial charge is 0.384 e. The monoisotopic (exact) mass is 395 g/mol. The van der Waals surface area contributed by atoms with Crippen molar-refractivity contribution in [2.75, 3.05) is 11.5 Å². The van der Waals surface area contributed by atoms with Crippen LogP contribution in [0.4, 0.5) is 5.82 Å². The first kappa shape index (κ1) is 20.3. The zero-order chi connectivity index (χ0) is 19.4. The fraction of sp³-hybridized carbons (Fsp3) is 0.389. The number of hydrogen-bond acceptors (Lipinski definition) is 5. The van der Waals surface area contributed by atoms with E-state index in [0.717, 1.165) is 10.1 Å². The number of rotatable bonds is 7. The van der Waals surface area contributed by atoms with Crippen molar-refractivity contribution < 1.29 is 4.79 Å². The van der Waals surface area contributed by atoms with Crippen molar-refractivity contribution in [3.05, 3.63) is 61.3 Å². The van der Waals surface area contributed by atoms with Gasteiger partial charge >= 0.3 is 5.69 Å². The number of halogens is 1. The Morgan fingerprint density at radius 3 is 2.42 bits per heavy atom. The second-order valence-corrected chi connectivity index (χ2v) is 7.88. The third kappa shape index (κ3) is 4.59. The molecule has 140 valence electrons. The Morgan fingerprint density at radius 1 is 1.23 bits per heavy atom. The normalized spacial score (nSPS) is 11.1. The molecular formula is C18H22ClN3O3S. The molecule has 0 aliphatic heterocycles. The topological polar surface area (TPSA) is 87.1 Å². The molecule has 0 aliphatic carbocycles. The fourth-order valence-electron chi connectivity index (χ4n) is 2.50. The van der Waals surface area contributed by atoms with Gasteiger partial charge in [-0.25, -0.2) is 4.79 Å². The maximum atomic E-state index is 12.6. The van der Waals surface area contributed by atoms with Crippen LogP contribution in [-0.4, -0.2) is 20.7 Å². The minimum absolute atomic E-state index is 0.0520. The van der Waals surface area contributed by atoms with E-state index in [1.807, 2.05) is 26.0 Å². The Morgan fingerprint density at radius 2 is 1.85 bits per heavy atom. The van der Waals surface area contributed by atoms with E-state index in [0.29, 0.717) is 17.3 Å². The zero-order valence-electron chi connectivity index (χ0n) is 15.0. The summed E-state index contributed by atoms with van der Waals surface area (Å²) < 4.78 is 2.24. The third-order valence-corrected chi connectivity index (χ3v) is 5.08. The number of nitrogens with two attached hydrogens (primary N) is 1. The Bertz CT molecular complexity index is 917. The van der Waals surface area contributed by atoms with E-state index in [9.17, 15) is 14.4 Å². The molecule has 1 aromatic carbocycles. The molecule has 8 heteroatoms. The van der Waals surface area contributed by atoms with E-state index in [1.165, 1.54) is 23.4 Å². The van der Waals surface area contributed by atoms with E-state index >= 15 is 0 Å². The Kier molecular flexibility index (Phi) is 6.72. The van der Waals surface area contributed by atoms with E-state index in [1.54, 1.807) is 12.1 Å². The molecule has 0 atom stereocenters. The SMILES string of the molecule is CC(C)Cn1c(N)c(C(=O)CSCc2ccc(Cl)cc2)c(=O)n(C)c1=O. The van der Waals surface area contributed by atoms with Gasteiger partial charge in [-0.05, 0) is 23.6 Å². The second kappa shape index (κ2) is 8.60.